The maximum atomic E-state index is 5.37. The molecular formula is C8H9BrN2O. The average molecular weight is 229 g/mol. The number of halogens is 1. The predicted molar refractivity (Wildman–Crippen MR) is 48.3 cm³/mol. The molecule has 12 heavy (non-hydrogen) atoms. The van der Waals surface area contributed by atoms with Crippen molar-refractivity contribution in [2.75, 3.05) is 6.61 Å². The molecular weight excluding hydrogens is 220 g/mol. The summed E-state index contributed by atoms with van der Waals surface area (Å²) in [6.45, 7) is 4.95. The summed E-state index contributed by atoms with van der Waals surface area (Å²) in [4.78, 5) is 0. The highest BCUT2D eigenvalue weighted by Crippen LogP contribution is 2.36. The van der Waals surface area contributed by atoms with Crippen LogP contribution in [-0.2, 0) is 5.41 Å². The summed E-state index contributed by atoms with van der Waals surface area (Å²) in [5, 5.41) is 7.79. The lowest BCUT2D eigenvalue weighted by Gasteiger charge is -2.13. The highest BCUT2D eigenvalue weighted by molar-refractivity contribution is 9.10. The monoisotopic (exact) mass is 228 g/mol. The van der Waals surface area contributed by atoms with E-state index in [9.17, 15) is 0 Å². The van der Waals surface area contributed by atoms with Crippen molar-refractivity contribution in [3.8, 4) is 5.88 Å². The molecule has 1 aliphatic heterocycles. The predicted octanol–water partition coefficient (Wildman–Crippen LogP) is 1.91. The van der Waals surface area contributed by atoms with Gasteiger partial charge in [-0.3, -0.25) is 0 Å². The molecule has 2 heterocycles. The maximum absolute atomic E-state index is 5.37. The largest absolute Gasteiger partial charge is 0.475 e. The third kappa shape index (κ3) is 1.10. The van der Waals surface area contributed by atoms with E-state index in [1.165, 1.54) is 0 Å². The van der Waals surface area contributed by atoms with Gasteiger partial charge in [0.25, 0.3) is 0 Å². The molecule has 4 heteroatoms. The molecule has 0 atom stereocenters. The molecule has 0 N–H and O–H groups in total. The number of fused-ring (bicyclic) bond motifs is 1. The summed E-state index contributed by atoms with van der Waals surface area (Å²) in [6.07, 6.45) is 0. The second kappa shape index (κ2) is 2.42. The Morgan fingerprint density at radius 1 is 1.50 bits per heavy atom. The van der Waals surface area contributed by atoms with Crippen molar-refractivity contribution in [1.29, 1.82) is 0 Å². The van der Waals surface area contributed by atoms with Crippen molar-refractivity contribution < 1.29 is 4.74 Å². The summed E-state index contributed by atoms with van der Waals surface area (Å²) in [7, 11) is 0. The zero-order valence-electron chi connectivity index (χ0n) is 6.97. The van der Waals surface area contributed by atoms with Crippen LogP contribution >= 0.6 is 15.9 Å². The lowest BCUT2D eigenvalue weighted by Crippen LogP contribution is -2.18. The number of hydrogen-bond acceptors (Lipinski definition) is 3. The summed E-state index contributed by atoms with van der Waals surface area (Å²) in [5.74, 6) is 0.670. The van der Waals surface area contributed by atoms with Crippen molar-refractivity contribution >= 4 is 15.9 Å². The summed E-state index contributed by atoms with van der Waals surface area (Å²) in [6, 6.07) is 1.97. The molecule has 1 aliphatic rings. The van der Waals surface area contributed by atoms with Gasteiger partial charge in [0.05, 0.1) is 6.61 Å². The quantitative estimate of drug-likeness (QED) is 0.681. The Balaban J connectivity index is 2.57. The van der Waals surface area contributed by atoms with E-state index in [1.807, 2.05) is 6.07 Å². The second-order valence-corrected chi connectivity index (χ2v) is 4.37. The molecule has 3 nitrogen and oxygen atoms in total. The van der Waals surface area contributed by atoms with Crippen LogP contribution in [-0.4, -0.2) is 16.8 Å². The van der Waals surface area contributed by atoms with E-state index in [4.69, 9.17) is 4.74 Å². The van der Waals surface area contributed by atoms with Crippen LogP contribution in [0.1, 0.15) is 19.4 Å². The van der Waals surface area contributed by atoms with Crippen molar-refractivity contribution in [2.24, 2.45) is 0 Å². The molecule has 64 valence electrons. The Bertz CT molecular complexity index is 325. The first-order valence-electron chi connectivity index (χ1n) is 3.76. The van der Waals surface area contributed by atoms with Gasteiger partial charge in [0.15, 0.2) is 0 Å². The molecule has 0 fully saturated rings. The van der Waals surface area contributed by atoms with Gasteiger partial charge < -0.3 is 4.74 Å². The summed E-state index contributed by atoms with van der Waals surface area (Å²) >= 11 is 3.29. The Hall–Kier alpha value is -0.640. The van der Waals surface area contributed by atoms with Crippen molar-refractivity contribution in [1.82, 2.24) is 10.2 Å². The molecule has 0 aliphatic carbocycles. The molecule has 0 amide bonds. The maximum Gasteiger partial charge on any atom is 0.237 e. The minimum atomic E-state index is 0.0633. The topological polar surface area (TPSA) is 35.0 Å². The highest BCUT2D eigenvalue weighted by Gasteiger charge is 2.33. The van der Waals surface area contributed by atoms with Crippen molar-refractivity contribution in [2.45, 2.75) is 19.3 Å². The Kier molecular flexibility index (Phi) is 1.61. The zero-order chi connectivity index (χ0) is 8.77. The van der Waals surface area contributed by atoms with Crippen LogP contribution < -0.4 is 4.74 Å². The van der Waals surface area contributed by atoms with Gasteiger partial charge in [-0.25, -0.2) is 0 Å². The average Bonchev–Trinajstić information content (AvgIpc) is 2.28. The van der Waals surface area contributed by atoms with Crippen molar-refractivity contribution in [3.05, 3.63) is 16.2 Å². The molecule has 0 aromatic carbocycles. The standard InChI is InChI=1S/C8H9BrN2O/c1-8(2)4-12-7-5(8)3-6(9)10-11-7/h3H,4H2,1-2H3. The molecule has 2 rings (SSSR count). The lowest BCUT2D eigenvalue weighted by atomic mass is 9.89. The van der Waals surface area contributed by atoms with E-state index in [-0.39, 0.29) is 5.41 Å². The van der Waals surface area contributed by atoms with E-state index in [1.54, 1.807) is 0 Å². The number of hydrogen-bond donors (Lipinski definition) is 0. The van der Waals surface area contributed by atoms with Gasteiger partial charge in [-0.05, 0) is 22.0 Å². The third-order valence-corrected chi connectivity index (χ3v) is 2.42. The fraction of sp³-hybridized carbons (Fsp3) is 0.500. The summed E-state index contributed by atoms with van der Waals surface area (Å²) in [5.41, 5.74) is 1.19. The lowest BCUT2D eigenvalue weighted by molar-refractivity contribution is 0.282. The molecule has 1 aromatic heterocycles. The van der Waals surface area contributed by atoms with Crippen LogP contribution in [0, 0.1) is 0 Å². The SMILES string of the molecule is CC1(C)COc2nnc(Br)cc21. The highest BCUT2D eigenvalue weighted by atomic mass is 79.9. The Morgan fingerprint density at radius 3 is 3.00 bits per heavy atom. The van der Waals surface area contributed by atoms with Gasteiger partial charge in [0.2, 0.25) is 5.88 Å². The molecule has 0 unspecified atom stereocenters. The minimum Gasteiger partial charge on any atom is -0.475 e. The van der Waals surface area contributed by atoms with E-state index < -0.39 is 0 Å². The van der Waals surface area contributed by atoms with Gasteiger partial charge in [-0.1, -0.05) is 13.8 Å². The normalized spacial score (nSPS) is 18.6. The van der Waals surface area contributed by atoms with E-state index in [0.717, 1.165) is 10.2 Å². The molecule has 1 aromatic rings. The van der Waals surface area contributed by atoms with Gasteiger partial charge in [-0.2, -0.15) is 0 Å². The fourth-order valence-electron chi connectivity index (χ4n) is 1.27. The molecule has 0 saturated carbocycles. The van der Waals surface area contributed by atoms with E-state index in [0.29, 0.717) is 12.5 Å². The van der Waals surface area contributed by atoms with Gasteiger partial charge >= 0.3 is 0 Å². The van der Waals surface area contributed by atoms with Crippen LogP contribution in [0.2, 0.25) is 0 Å². The Morgan fingerprint density at radius 2 is 2.25 bits per heavy atom. The smallest absolute Gasteiger partial charge is 0.237 e. The van der Waals surface area contributed by atoms with Crippen LogP contribution in [0.3, 0.4) is 0 Å². The Labute approximate surface area is 79.3 Å². The van der Waals surface area contributed by atoms with Crippen LogP contribution in [0.4, 0.5) is 0 Å². The number of ether oxygens (including phenoxy) is 1. The molecule has 0 saturated heterocycles. The number of rotatable bonds is 0. The first-order valence-corrected chi connectivity index (χ1v) is 4.55. The van der Waals surface area contributed by atoms with Crippen molar-refractivity contribution in [3.63, 3.8) is 0 Å². The van der Waals surface area contributed by atoms with Gasteiger partial charge in [0, 0.05) is 11.0 Å². The molecule has 0 spiro atoms. The van der Waals surface area contributed by atoms with E-state index in [2.05, 4.69) is 40.0 Å². The third-order valence-electron chi connectivity index (χ3n) is 2.03. The zero-order valence-corrected chi connectivity index (χ0v) is 8.55. The number of aromatic nitrogens is 2. The van der Waals surface area contributed by atoms with Crippen LogP contribution in [0.5, 0.6) is 5.88 Å². The van der Waals surface area contributed by atoms with Gasteiger partial charge in [-0.15, -0.1) is 10.2 Å². The van der Waals surface area contributed by atoms with E-state index >= 15 is 0 Å². The fourth-order valence-corrected chi connectivity index (χ4v) is 1.58. The molecule has 0 radical (unpaired) electrons. The van der Waals surface area contributed by atoms with Gasteiger partial charge in [0.1, 0.15) is 4.60 Å². The minimum absolute atomic E-state index is 0.0633. The second-order valence-electron chi connectivity index (χ2n) is 3.56. The van der Waals surface area contributed by atoms with Crippen LogP contribution in [0.25, 0.3) is 0 Å². The first-order chi connectivity index (χ1) is 5.59. The number of nitrogens with zero attached hydrogens (tertiary/aromatic N) is 2. The van der Waals surface area contributed by atoms with Crippen LogP contribution in [0.15, 0.2) is 10.7 Å². The summed E-state index contributed by atoms with van der Waals surface area (Å²) < 4.78 is 6.14. The molecule has 0 bridgehead atoms. The first kappa shape index (κ1) is 7.98.